The van der Waals surface area contributed by atoms with Gasteiger partial charge in [-0.15, -0.1) is 0 Å². The van der Waals surface area contributed by atoms with E-state index in [4.69, 9.17) is 9.47 Å². The van der Waals surface area contributed by atoms with Gasteiger partial charge in [0.1, 0.15) is 11.4 Å². The molecule has 3 aromatic rings. The van der Waals surface area contributed by atoms with Crippen molar-refractivity contribution < 1.29 is 9.47 Å². The third kappa shape index (κ3) is 5.14. The molecule has 33 heavy (non-hydrogen) atoms. The predicted octanol–water partition coefficient (Wildman–Crippen LogP) is 3.48. The van der Waals surface area contributed by atoms with E-state index < -0.39 is 0 Å². The number of rotatable bonds is 7. The quantitative estimate of drug-likeness (QED) is 0.558. The van der Waals surface area contributed by atoms with Crippen molar-refractivity contribution in [3.05, 3.63) is 58.4 Å². The maximum absolute atomic E-state index is 11.5. The van der Waals surface area contributed by atoms with E-state index in [-0.39, 0.29) is 5.56 Å². The Labute approximate surface area is 194 Å². The second-order valence-electron chi connectivity index (χ2n) is 9.17. The van der Waals surface area contributed by atoms with Gasteiger partial charge in [0, 0.05) is 54.9 Å². The molecule has 1 atom stereocenters. The van der Waals surface area contributed by atoms with E-state index in [0.717, 1.165) is 69.7 Å². The normalized spacial score (nSPS) is 18.7. The van der Waals surface area contributed by atoms with Crippen LogP contribution in [-0.4, -0.2) is 60.8 Å². The van der Waals surface area contributed by atoms with Gasteiger partial charge in [0.2, 0.25) is 11.4 Å². The molecule has 2 aliphatic heterocycles. The maximum Gasteiger partial charge on any atom is 0.249 e. The third-order valence-electron chi connectivity index (χ3n) is 6.57. The van der Waals surface area contributed by atoms with Crippen LogP contribution < -0.4 is 19.9 Å². The fourth-order valence-electron chi connectivity index (χ4n) is 4.75. The molecule has 7 nitrogen and oxygen atoms in total. The molecule has 1 saturated heterocycles. The Hall–Kier alpha value is -3.06. The van der Waals surface area contributed by atoms with Gasteiger partial charge in [0.25, 0.3) is 0 Å². The molecule has 5 rings (SSSR count). The summed E-state index contributed by atoms with van der Waals surface area (Å²) in [5.41, 5.74) is 3.16. The number of benzene rings is 1. The Balaban J connectivity index is 1.05. The molecule has 0 spiro atoms. The van der Waals surface area contributed by atoms with Crippen LogP contribution in [0.25, 0.3) is 11.0 Å². The lowest BCUT2D eigenvalue weighted by molar-refractivity contribution is 0.230. The van der Waals surface area contributed by atoms with Crippen LogP contribution in [0, 0.1) is 5.92 Å². The van der Waals surface area contributed by atoms with Crippen LogP contribution in [0.4, 0.5) is 5.69 Å². The molecule has 1 N–H and O–H groups in total. The summed E-state index contributed by atoms with van der Waals surface area (Å²) >= 11 is 0. The zero-order valence-electron chi connectivity index (χ0n) is 19.3. The number of ether oxygens (including phenoxy) is 2. The van der Waals surface area contributed by atoms with Gasteiger partial charge in [0.15, 0.2) is 0 Å². The molecule has 4 heterocycles. The fourth-order valence-corrected chi connectivity index (χ4v) is 4.75. The third-order valence-corrected chi connectivity index (χ3v) is 6.57. The lowest BCUT2D eigenvalue weighted by atomic mass is 9.96. The molecule has 7 heteroatoms. The minimum Gasteiger partial charge on any atom is -0.493 e. The van der Waals surface area contributed by atoms with Crippen LogP contribution >= 0.6 is 0 Å². The summed E-state index contributed by atoms with van der Waals surface area (Å²) in [5, 5.41) is 0.902. The van der Waals surface area contributed by atoms with Gasteiger partial charge in [-0.05, 0) is 56.0 Å². The van der Waals surface area contributed by atoms with Gasteiger partial charge < -0.3 is 19.4 Å². The number of unbranched alkanes of at least 4 members (excludes halogenated alkanes) is 1. The SMILES string of the molecule is CC1COc2cccc(N3CCN(CCCCOc4ccc5ccc(=O)[nH]c5n4)CC3)c2C1. The Morgan fingerprint density at radius 3 is 2.82 bits per heavy atom. The first-order valence-electron chi connectivity index (χ1n) is 12.0. The van der Waals surface area contributed by atoms with Gasteiger partial charge in [-0.2, -0.15) is 4.98 Å². The number of piperazine rings is 1. The summed E-state index contributed by atoms with van der Waals surface area (Å²) in [4.78, 5) is 23.7. The first-order chi connectivity index (χ1) is 16.2. The van der Waals surface area contributed by atoms with Crippen molar-refractivity contribution in [2.75, 3.05) is 50.8 Å². The zero-order chi connectivity index (χ0) is 22.6. The first kappa shape index (κ1) is 21.8. The number of hydrogen-bond acceptors (Lipinski definition) is 6. The number of aromatic amines is 1. The van der Waals surface area contributed by atoms with Crippen LogP contribution in [0.3, 0.4) is 0 Å². The first-order valence-corrected chi connectivity index (χ1v) is 12.0. The number of nitrogens with zero attached hydrogens (tertiary/aromatic N) is 3. The molecule has 2 aromatic heterocycles. The molecular formula is C26H32N4O3. The lowest BCUT2D eigenvalue weighted by Gasteiger charge is -2.38. The number of pyridine rings is 2. The highest BCUT2D eigenvalue weighted by Gasteiger charge is 2.24. The Morgan fingerprint density at radius 1 is 1.09 bits per heavy atom. The Bertz CT molecular complexity index is 1150. The highest BCUT2D eigenvalue weighted by atomic mass is 16.5. The summed E-state index contributed by atoms with van der Waals surface area (Å²) in [6.07, 6.45) is 3.18. The van der Waals surface area contributed by atoms with E-state index in [0.29, 0.717) is 24.1 Å². The largest absolute Gasteiger partial charge is 0.493 e. The van der Waals surface area contributed by atoms with Crippen molar-refractivity contribution in [1.29, 1.82) is 0 Å². The van der Waals surface area contributed by atoms with Crippen LogP contribution in [0.15, 0.2) is 47.3 Å². The summed E-state index contributed by atoms with van der Waals surface area (Å²) in [5.74, 6) is 2.21. The Kier molecular flexibility index (Phi) is 6.48. The van der Waals surface area contributed by atoms with E-state index in [2.05, 4.69) is 44.9 Å². The van der Waals surface area contributed by atoms with Gasteiger partial charge in [0.05, 0.1) is 13.2 Å². The van der Waals surface area contributed by atoms with Crippen LogP contribution in [0.5, 0.6) is 11.6 Å². The summed E-state index contributed by atoms with van der Waals surface area (Å²) in [6, 6.07) is 13.5. The Morgan fingerprint density at radius 2 is 1.94 bits per heavy atom. The summed E-state index contributed by atoms with van der Waals surface area (Å²) in [6.45, 7) is 9.08. The maximum atomic E-state index is 11.5. The lowest BCUT2D eigenvalue weighted by Crippen LogP contribution is -2.47. The average molecular weight is 449 g/mol. The van der Waals surface area contributed by atoms with Crippen molar-refractivity contribution >= 4 is 16.7 Å². The van der Waals surface area contributed by atoms with E-state index >= 15 is 0 Å². The molecule has 174 valence electrons. The summed E-state index contributed by atoms with van der Waals surface area (Å²) in [7, 11) is 0. The van der Waals surface area contributed by atoms with Crippen molar-refractivity contribution in [2.45, 2.75) is 26.2 Å². The van der Waals surface area contributed by atoms with Crippen LogP contribution in [-0.2, 0) is 6.42 Å². The highest BCUT2D eigenvalue weighted by molar-refractivity contribution is 5.74. The summed E-state index contributed by atoms with van der Waals surface area (Å²) < 4.78 is 11.8. The van der Waals surface area contributed by atoms with Crippen molar-refractivity contribution in [1.82, 2.24) is 14.9 Å². The molecule has 1 unspecified atom stereocenters. The molecule has 0 aliphatic carbocycles. The zero-order valence-corrected chi connectivity index (χ0v) is 19.3. The second kappa shape index (κ2) is 9.83. The van der Waals surface area contributed by atoms with E-state index in [1.54, 1.807) is 6.07 Å². The molecule has 0 saturated carbocycles. The minimum atomic E-state index is -0.151. The highest BCUT2D eigenvalue weighted by Crippen LogP contribution is 2.35. The van der Waals surface area contributed by atoms with Gasteiger partial charge in [-0.1, -0.05) is 13.0 Å². The molecule has 1 aromatic carbocycles. The number of aromatic nitrogens is 2. The van der Waals surface area contributed by atoms with E-state index in [1.165, 1.54) is 17.3 Å². The molecular weight excluding hydrogens is 416 g/mol. The number of hydrogen-bond donors (Lipinski definition) is 1. The van der Waals surface area contributed by atoms with Crippen LogP contribution in [0.1, 0.15) is 25.3 Å². The van der Waals surface area contributed by atoms with Gasteiger partial charge in [-0.3, -0.25) is 9.69 Å². The number of H-pyrrole nitrogens is 1. The fraction of sp³-hybridized carbons (Fsp3) is 0.462. The molecule has 0 amide bonds. The standard InChI is InChI=1S/C26H32N4O3/c1-19-17-21-22(5-4-6-23(21)33-18-19)30-14-12-29(13-15-30)11-2-3-16-32-25-10-8-20-7-9-24(31)27-26(20)28-25/h4-10,19H,2-3,11-18H2,1H3,(H,27,28,31). The predicted molar refractivity (Wildman–Crippen MR) is 131 cm³/mol. The molecule has 0 radical (unpaired) electrons. The average Bonchev–Trinajstić information content (AvgIpc) is 2.83. The smallest absolute Gasteiger partial charge is 0.249 e. The van der Waals surface area contributed by atoms with Crippen molar-refractivity contribution in [2.24, 2.45) is 5.92 Å². The monoisotopic (exact) mass is 448 g/mol. The molecule has 1 fully saturated rings. The van der Waals surface area contributed by atoms with Gasteiger partial charge in [-0.25, -0.2) is 0 Å². The second-order valence-corrected chi connectivity index (χ2v) is 9.17. The molecule has 2 aliphatic rings. The van der Waals surface area contributed by atoms with Crippen LogP contribution in [0.2, 0.25) is 0 Å². The van der Waals surface area contributed by atoms with Crippen molar-refractivity contribution in [3.63, 3.8) is 0 Å². The van der Waals surface area contributed by atoms with Gasteiger partial charge >= 0.3 is 0 Å². The van der Waals surface area contributed by atoms with E-state index in [1.807, 2.05) is 12.1 Å². The molecule has 0 bridgehead atoms. The number of nitrogens with one attached hydrogen (secondary N) is 1. The number of anilines is 1. The van der Waals surface area contributed by atoms with Crippen molar-refractivity contribution in [3.8, 4) is 11.6 Å². The number of fused-ring (bicyclic) bond motifs is 2. The minimum absolute atomic E-state index is 0.151. The van der Waals surface area contributed by atoms with E-state index in [9.17, 15) is 4.79 Å². The topological polar surface area (TPSA) is 70.7 Å².